The molecule has 1 N–H and O–H groups in total. The molecule has 0 saturated carbocycles. The number of nitrogens with zero attached hydrogens (tertiary/aromatic N) is 1. The number of furan rings is 1. The van der Waals surface area contributed by atoms with Gasteiger partial charge in [-0.25, -0.2) is 0 Å². The van der Waals surface area contributed by atoms with Gasteiger partial charge in [-0.3, -0.25) is 9.59 Å². The molecule has 7 heteroatoms. The number of aryl methyl sites for hydroxylation is 1. The number of ketones is 1. The quantitative estimate of drug-likeness (QED) is 0.812. The minimum absolute atomic E-state index is 0.0589. The number of hydrogen-bond donors (Lipinski definition) is 1. The highest BCUT2D eigenvalue weighted by Gasteiger charge is 2.29. The fourth-order valence-corrected chi connectivity index (χ4v) is 4.90. The van der Waals surface area contributed by atoms with Gasteiger partial charge in [0, 0.05) is 48.7 Å². The second-order valence-corrected chi connectivity index (χ2v) is 8.48. The van der Waals surface area contributed by atoms with Crippen LogP contribution in [0.1, 0.15) is 45.1 Å². The van der Waals surface area contributed by atoms with Crippen molar-refractivity contribution >= 4 is 46.4 Å². The lowest BCUT2D eigenvalue weighted by atomic mass is 9.94. The third kappa shape index (κ3) is 3.60. The summed E-state index contributed by atoms with van der Waals surface area (Å²) in [5.41, 5.74) is 2.81. The van der Waals surface area contributed by atoms with Gasteiger partial charge in [0.1, 0.15) is 5.76 Å². The molecule has 1 amide bonds. The number of hydrogen-bond acceptors (Lipinski definition) is 5. The summed E-state index contributed by atoms with van der Waals surface area (Å²) in [6.45, 7) is 3.72. The first-order valence-electron chi connectivity index (χ1n) is 9.13. The number of carbonyl (C=O) groups is 2. The van der Waals surface area contributed by atoms with Gasteiger partial charge in [0.2, 0.25) is 0 Å². The van der Waals surface area contributed by atoms with Gasteiger partial charge in [-0.05, 0) is 31.5 Å². The van der Waals surface area contributed by atoms with Crippen LogP contribution in [0.25, 0.3) is 0 Å². The van der Waals surface area contributed by atoms with Crippen molar-refractivity contribution in [1.29, 1.82) is 0 Å². The number of halogens is 1. The largest absolute Gasteiger partial charge is 0.455 e. The second kappa shape index (κ2) is 7.60. The van der Waals surface area contributed by atoms with Gasteiger partial charge in [-0.15, -0.1) is 0 Å². The molecular formula is C20H21ClN2O3S. The number of nitrogens with one attached hydrogen (secondary N) is 1. The molecule has 1 aromatic heterocycles. The summed E-state index contributed by atoms with van der Waals surface area (Å²) in [7, 11) is 0. The molecule has 1 aliphatic heterocycles. The van der Waals surface area contributed by atoms with Crippen LogP contribution in [-0.2, 0) is 6.42 Å². The molecule has 1 aromatic carbocycles. The molecule has 0 spiro atoms. The number of benzene rings is 1. The molecule has 5 nitrogen and oxygen atoms in total. The second-order valence-electron chi connectivity index (χ2n) is 6.85. The lowest BCUT2D eigenvalue weighted by molar-refractivity contribution is 0.0963. The zero-order valence-electron chi connectivity index (χ0n) is 15.1. The Labute approximate surface area is 167 Å². The van der Waals surface area contributed by atoms with E-state index in [9.17, 15) is 9.59 Å². The van der Waals surface area contributed by atoms with E-state index in [1.165, 1.54) is 0 Å². The number of amides is 1. The van der Waals surface area contributed by atoms with Gasteiger partial charge < -0.3 is 14.6 Å². The Kier molecular flexibility index (Phi) is 5.19. The summed E-state index contributed by atoms with van der Waals surface area (Å²) in [5.74, 6) is 2.73. The van der Waals surface area contributed by atoms with E-state index in [2.05, 4.69) is 10.2 Å². The summed E-state index contributed by atoms with van der Waals surface area (Å²) >= 11 is 8.40. The van der Waals surface area contributed by atoms with Crippen LogP contribution < -0.4 is 10.2 Å². The molecule has 4 rings (SSSR count). The molecular weight excluding hydrogens is 384 g/mol. The molecule has 142 valence electrons. The monoisotopic (exact) mass is 404 g/mol. The highest BCUT2D eigenvalue weighted by atomic mass is 35.5. The molecule has 2 aliphatic rings. The zero-order valence-corrected chi connectivity index (χ0v) is 16.7. The van der Waals surface area contributed by atoms with Crippen molar-refractivity contribution in [3.8, 4) is 0 Å². The number of Topliss-reactive ketones (excluding diaryl/α,β-unsaturated/α-hetero) is 1. The van der Waals surface area contributed by atoms with Crippen molar-refractivity contribution in [1.82, 2.24) is 0 Å². The first-order valence-corrected chi connectivity index (χ1v) is 10.7. The summed E-state index contributed by atoms with van der Waals surface area (Å²) in [4.78, 5) is 27.1. The Bertz CT molecular complexity index is 903. The summed E-state index contributed by atoms with van der Waals surface area (Å²) < 4.78 is 5.71. The van der Waals surface area contributed by atoms with Crippen LogP contribution in [0.3, 0.4) is 0 Å². The Hall–Kier alpha value is -1.92. The maximum absolute atomic E-state index is 12.7. The van der Waals surface area contributed by atoms with Crippen molar-refractivity contribution in [3.63, 3.8) is 0 Å². The first kappa shape index (κ1) is 18.4. The normalized spacial score (nSPS) is 17.0. The number of anilines is 2. The van der Waals surface area contributed by atoms with Crippen LogP contribution in [0.5, 0.6) is 0 Å². The third-order valence-corrected chi connectivity index (χ3v) is 6.31. The Morgan fingerprint density at radius 2 is 2.04 bits per heavy atom. The van der Waals surface area contributed by atoms with E-state index in [4.69, 9.17) is 16.0 Å². The van der Waals surface area contributed by atoms with Crippen molar-refractivity contribution in [2.75, 3.05) is 34.8 Å². The van der Waals surface area contributed by atoms with E-state index < -0.39 is 0 Å². The van der Waals surface area contributed by atoms with E-state index in [0.29, 0.717) is 40.4 Å². The highest BCUT2D eigenvalue weighted by Crippen LogP contribution is 2.32. The summed E-state index contributed by atoms with van der Waals surface area (Å²) in [5, 5.41) is 3.46. The van der Waals surface area contributed by atoms with Crippen molar-refractivity contribution < 1.29 is 14.0 Å². The van der Waals surface area contributed by atoms with E-state index in [1.54, 1.807) is 13.0 Å². The van der Waals surface area contributed by atoms with Crippen molar-refractivity contribution in [3.05, 3.63) is 45.9 Å². The van der Waals surface area contributed by atoms with E-state index in [0.717, 1.165) is 36.7 Å². The van der Waals surface area contributed by atoms with Gasteiger partial charge in [0.25, 0.3) is 5.91 Å². The van der Waals surface area contributed by atoms with Gasteiger partial charge in [-0.1, -0.05) is 11.6 Å². The minimum Gasteiger partial charge on any atom is -0.455 e. The SMILES string of the molecule is Cc1c(C(=O)Nc2ccc(N3CCSCC3)c(Cl)c2)oc2c1C(=O)CCC2. The number of carbonyl (C=O) groups excluding carboxylic acids is 2. The average Bonchev–Trinajstić information content (AvgIpc) is 3.01. The average molecular weight is 405 g/mol. The smallest absolute Gasteiger partial charge is 0.291 e. The molecule has 1 saturated heterocycles. The van der Waals surface area contributed by atoms with Crippen LogP contribution in [0.15, 0.2) is 22.6 Å². The van der Waals surface area contributed by atoms with Gasteiger partial charge >= 0.3 is 0 Å². The molecule has 2 aromatic rings. The van der Waals surface area contributed by atoms with E-state index in [1.807, 2.05) is 23.9 Å². The number of rotatable bonds is 3. The molecule has 1 aliphatic carbocycles. The van der Waals surface area contributed by atoms with Gasteiger partial charge in [-0.2, -0.15) is 11.8 Å². The van der Waals surface area contributed by atoms with Crippen molar-refractivity contribution in [2.45, 2.75) is 26.2 Å². The Morgan fingerprint density at radius 3 is 2.74 bits per heavy atom. The maximum Gasteiger partial charge on any atom is 0.291 e. The van der Waals surface area contributed by atoms with Crippen LogP contribution in [0.2, 0.25) is 5.02 Å². The van der Waals surface area contributed by atoms with Crippen LogP contribution in [-0.4, -0.2) is 36.3 Å². The lowest BCUT2D eigenvalue weighted by Crippen LogP contribution is -2.32. The number of fused-ring (bicyclic) bond motifs is 1. The Balaban J connectivity index is 1.53. The van der Waals surface area contributed by atoms with Gasteiger partial charge in [0.15, 0.2) is 11.5 Å². The van der Waals surface area contributed by atoms with E-state index >= 15 is 0 Å². The molecule has 0 radical (unpaired) electrons. The fourth-order valence-electron chi connectivity index (χ4n) is 3.70. The van der Waals surface area contributed by atoms with Crippen LogP contribution in [0.4, 0.5) is 11.4 Å². The molecule has 0 bridgehead atoms. The fraction of sp³-hybridized carbons (Fsp3) is 0.400. The van der Waals surface area contributed by atoms with Crippen LogP contribution >= 0.6 is 23.4 Å². The van der Waals surface area contributed by atoms with Crippen LogP contribution in [0, 0.1) is 6.92 Å². The molecule has 2 heterocycles. The third-order valence-electron chi connectivity index (χ3n) is 5.07. The first-order chi connectivity index (χ1) is 13.0. The number of thioether (sulfide) groups is 1. The summed E-state index contributed by atoms with van der Waals surface area (Å²) in [6, 6.07) is 5.56. The molecule has 0 unspecified atom stereocenters. The molecule has 27 heavy (non-hydrogen) atoms. The van der Waals surface area contributed by atoms with Crippen molar-refractivity contribution in [2.24, 2.45) is 0 Å². The maximum atomic E-state index is 12.7. The lowest BCUT2D eigenvalue weighted by Gasteiger charge is -2.29. The Morgan fingerprint density at radius 1 is 1.26 bits per heavy atom. The van der Waals surface area contributed by atoms with Gasteiger partial charge in [0.05, 0.1) is 16.3 Å². The molecule has 0 atom stereocenters. The topological polar surface area (TPSA) is 62.6 Å². The molecule has 1 fully saturated rings. The minimum atomic E-state index is -0.354. The summed E-state index contributed by atoms with van der Waals surface area (Å²) in [6.07, 6.45) is 1.98. The standard InChI is InChI=1S/C20H21ClN2O3S/c1-12-18-16(24)3-2-4-17(18)26-19(12)20(25)22-13-5-6-15(14(21)11-13)23-7-9-27-10-8-23/h5-6,11H,2-4,7-10H2,1H3,(H,22,25). The predicted molar refractivity (Wildman–Crippen MR) is 110 cm³/mol. The van der Waals surface area contributed by atoms with E-state index in [-0.39, 0.29) is 17.5 Å². The predicted octanol–water partition coefficient (Wildman–Crippen LogP) is 4.57. The zero-order chi connectivity index (χ0) is 19.0. The highest BCUT2D eigenvalue weighted by molar-refractivity contribution is 7.99.